The molecule has 3 nitrogen and oxygen atoms in total. The second-order valence-corrected chi connectivity index (χ2v) is 4.75. The minimum atomic E-state index is -0.241. The zero-order chi connectivity index (χ0) is 13.1. The Morgan fingerprint density at radius 3 is 2.67 bits per heavy atom. The number of hydrogen-bond donors (Lipinski definition) is 2. The third-order valence-corrected chi connectivity index (χ3v) is 3.07. The third-order valence-electron chi connectivity index (χ3n) is 3.07. The fraction of sp³-hybridized carbons (Fsp3) is 0.357. The third kappa shape index (κ3) is 2.59. The summed E-state index contributed by atoms with van der Waals surface area (Å²) in [5, 5.41) is 7.26. The molecule has 0 amide bonds. The number of nitrogens with two attached hydrogens (primary N) is 1. The van der Waals surface area contributed by atoms with Gasteiger partial charge >= 0.3 is 0 Å². The molecule has 0 fully saturated rings. The maximum Gasteiger partial charge on any atom is 0.123 e. The molecule has 1 aromatic carbocycles. The fourth-order valence-corrected chi connectivity index (χ4v) is 1.99. The predicted molar refractivity (Wildman–Crippen MR) is 70.0 cm³/mol. The van der Waals surface area contributed by atoms with E-state index in [1.807, 2.05) is 12.1 Å². The van der Waals surface area contributed by atoms with E-state index in [9.17, 15) is 4.39 Å². The number of nitrogens with zero attached hydrogens (tertiary/aromatic N) is 1. The standard InChI is InChI=1S/C14H18FN3/c1-9(2)13-7-14(18-17-13)12(8-16)10-4-3-5-11(15)6-10/h3-7,9,12H,8,16H2,1-2H3,(H,17,18). The molecule has 0 aliphatic carbocycles. The van der Waals surface area contributed by atoms with Gasteiger partial charge in [-0.2, -0.15) is 5.10 Å². The van der Waals surface area contributed by atoms with Gasteiger partial charge in [-0.1, -0.05) is 26.0 Å². The van der Waals surface area contributed by atoms with Crippen molar-refractivity contribution in [3.63, 3.8) is 0 Å². The van der Waals surface area contributed by atoms with Crippen molar-refractivity contribution in [2.45, 2.75) is 25.7 Å². The number of hydrogen-bond acceptors (Lipinski definition) is 2. The summed E-state index contributed by atoms with van der Waals surface area (Å²) in [7, 11) is 0. The summed E-state index contributed by atoms with van der Waals surface area (Å²) >= 11 is 0. The lowest BCUT2D eigenvalue weighted by Crippen LogP contribution is -2.14. The Balaban J connectivity index is 2.33. The largest absolute Gasteiger partial charge is 0.329 e. The number of rotatable bonds is 4. The van der Waals surface area contributed by atoms with Crippen LogP contribution in [0.4, 0.5) is 4.39 Å². The van der Waals surface area contributed by atoms with E-state index >= 15 is 0 Å². The van der Waals surface area contributed by atoms with Crippen molar-refractivity contribution in [1.82, 2.24) is 10.2 Å². The maximum absolute atomic E-state index is 13.2. The summed E-state index contributed by atoms with van der Waals surface area (Å²) in [5.41, 5.74) is 8.61. The van der Waals surface area contributed by atoms with Crippen LogP contribution in [0.5, 0.6) is 0 Å². The molecule has 0 aliphatic heterocycles. The molecule has 96 valence electrons. The summed E-state index contributed by atoms with van der Waals surface area (Å²) in [6, 6.07) is 8.55. The van der Waals surface area contributed by atoms with Crippen LogP contribution in [0.3, 0.4) is 0 Å². The van der Waals surface area contributed by atoms with E-state index in [4.69, 9.17) is 5.73 Å². The van der Waals surface area contributed by atoms with Crippen molar-refractivity contribution < 1.29 is 4.39 Å². The van der Waals surface area contributed by atoms with Crippen molar-refractivity contribution in [2.24, 2.45) is 5.73 Å². The van der Waals surface area contributed by atoms with Crippen LogP contribution in [0.25, 0.3) is 0 Å². The molecule has 1 heterocycles. The van der Waals surface area contributed by atoms with Crippen LogP contribution in [0.15, 0.2) is 30.3 Å². The van der Waals surface area contributed by atoms with Crippen LogP contribution in [0.2, 0.25) is 0 Å². The van der Waals surface area contributed by atoms with E-state index in [1.54, 1.807) is 6.07 Å². The molecule has 0 spiro atoms. The van der Waals surface area contributed by atoms with Crippen LogP contribution >= 0.6 is 0 Å². The Hall–Kier alpha value is -1.68. The molecule has 0 bridgehead atoms. The summed E-state index contributed by atoms with van der Waals surface area (Å²) in [6.45, 7) is 4.59. The summed E-state index contributed by atoms with van der Waals surface area (Å²) in [6.07, 6.45) is 0. The highest BCUT2D eigenvalue weighted by molar-refractivity contribution is 5.30. The number of nitrogens with one attached hydrogen (secondary N) is 1. The Bertz CT molecular complexity index is 519. The lowest BCUT2D eigenvalue weighted by atomic mass is 9.95. The van der Waals surface area contributed by atoms with Gasteiger partial charge in [-0.25, -0.2) is 4.39 Å². The number of H-pyrrole nitrogens is 1. The van der Waals surface area contributed by atoms with Gasteiger partial charge in [-0.15, -0.1) is 0 Å². The van der Waals surface area contributed by atoms with Gasteiger partial charge in [-0.3, -0.25) is 5.10 Å². The fourth-order valence-electron chi connectivity index (χ4n) is 1.99. The SMILES string of the molecule is CC(C)c1cc(C(CN)c2cccc(F)c2)[nH]n1. The highest BCUT2D eigenvalue weighted by atomic mass is 19.1. The molecule has 2 aromatic rings. The number of aromatic amines is 1. The van der Waals surface area contributed by atoms with E-state index in [2.05, 4.69) is 24.0 Å². The van der Waals surface area contributed by atoms with Crippen LogP contribution in [-0.4, -0.2) is 16.7 Å². The Labute approximate surface area is 106 Å². The second kappa shape index (κ2) is 5.31. The molecule has 1 unspecified atom stereocenters. The number of benzene rings is 1. The molecule has 0 radical (unpaired) electrons. The molecular formula is C14H18FN3. The van der Waals surface area contributed by atoms with Gasteiger partial charge < -0.3 is 5.73 Å². The molecule has 0 saturated heterocycles. The first kappa shape index (κ1) is 12.8. The Kier molecular flexibility index (Phi) is 3.77. The minimum absolute atomic E-state index is 0.0410. The quantitative estimate of drug-likeness (QED) is 0.872. The first-order valence-corrected chi connectivity index (χ1v) is 6.12. The van der Waals surface area contributed by atoms with E-state index in [0.29, 0.717) is 12.5 Å². The summed E-state index contributed by atoms with van der Waals surface area (Å²) in [4.78, 5) is 0. The van der Waals surface area contributed by atoms with Gasteiger partial charge in [0.25, 0.3) is 0 Å². The Morgan fingerprint density at radius 2 is 2.11 bits per heavy atom. The van der Waals surface area contributed by atoms with Crippen molar-refractivity contribution in [3.05, 3.63) is 53.1 Å². The van der Waals surface area contributed by atoms with E-state index < -0.39 is 0 Å². The summed E-state index contributed by atoms with van der Waals surface area (Å²) in [5.74, 6) is 0.0798. The lowest BCUT2D eigenvalue weighted by molar-refractivity contribution is 0.622. The number of aromatic nitrogens is 2. The highest BCUT2D eigenvalue weighted by Crippen LogP contribution is 2.24. The predicted octanol–water partition coefficient (Wildman–Crippen LogP) is 2.76. The molecule has 1 aromatic heterocycles. The zero-order valence-electron chi connectivity index (χ0n) is 10.7. The smallest absolute Gasteiger partial charge is 0.123 e. The van der Waals surface area contributed by atoms with Crippen LogP contribution < -0.4 is 5.73 Å². The molecule has 1 atom stereocenters. The minimum Gasteiger partial charge on any atom is -0.329 e. The maximum atomic E-state index is 13.2. The first-order chi connectivity index (χ1) is 8.61. The van der Waals surface area contributed by atoms with Crippen molar-refractivity contribution >= 4 is 0 Å². The molecule has 0 saturated carbocycles. The average Bonchev–Trinajstić information content (AvgIpc) is 2.80. The van der Waals surface area contributed by atoms with Crippen LogP contribution in [0, 0.1) is 5.82 Å². The van der Waals surface area contributed by atoms with E-state index in [0.717, 1.165) is 17.0 Å². The normalized spacial score (nSPS) is 12.9. The van der Waals surface area contributed by atoms with E-state index in [1.165, 1.54) is 12.1 Å². The van der Waals surface area contributed by atoms with Gasteiger partial charge in [0.05, 0.1) is 5.69 Å². The Morgan fingerprint density at radius 1 is 1.33 bits per heavy atom. The lowest BCUT2D eigenvalue weighted by Gasteiger charge is -2.13. The van der Waals surface area contributed by atoms with E-state index in [-0.39, 0.29) is 11.7 Å². The molecule has 4 heteroatoms. The summed E-state index contributed by atoms with van der Waals surface area (Å²) < 4.78 is 13.2. The first-order valence-electron chi connectivity index (χ1n) is 6.12. The molecule has 2 rings (SSSR count). The second-order valence-electron chi connectivity index (χ2n) is 4.75. The van der Waals surface area contributed by atoms with Gasteiger partial charge in [0.2, 0.25) is 0 Å². The van der Waals surface area contributed by atoms with Gasteiger partial charge in [0, 0.05) is 18.2 Å². The van der Waals surface area contributed by atoms with Crippen molar-refractivity contribution in [3.8, 4) is 0 Å². The monoisotopic (exact) mass is 247 g/mol. The molecule has 18 heavy (non-hydrogen) atoms. The highest BCUT2D eigenvalue weighted by Gasteiger charge is 2.16. The number of halogens is 1. The van der Waals surface area contributed by atoms with Crippen molar-refractivity contribution in [2.75, 3.05) is 6.54 Å². The molecule has 3 N–H and O–H groups in total. The molecular weight excluding hydrogens is 229 g/mol. The average molecular weight is 247 g/mol. The van der Waals surface area contributed by atoms with Crippen LogP contribution in [-0.2, 0) is 0 Å². The molecule has 0 aliphatic rings. The zero-order valence-corrected chi connectivity index (χ0v) is 10.7. The van der Waals surface area contributed by atoms with Gasteiger partial charge in [0.15, 0.2) is 0 Å². The van der Waals surface area contributed by atoms with Gasteiger partial charge in [-0.05, 0) is 29.7 Å². The topological polar surface area (TPSA) is 54.7 Å². The van der Waals surface area contributed by atoms with Crippen LogP contribution in [0.1, 0.15) is 42.6 Å². The van der Waals surface area contributed by atoms with Crippen molar-refractivity contribution in [1.29, 1.82) is 0 Å². The van der Waals surface area contributed by atoms with Gasteiger partial charge in [0.1, 0.15) is 5.82 Å².